The van der Waals surface area contributed by atoms with E-state index in [-0.39, 0.29) is 5.91 Å². The Bertz CT molecular complexity index is 763. The molecule has 1 aromatic heterocycles. The smallest absolute Gasteiger partial charge is 0.254 e. The Kier molecular flexibility index (Phi) is 4.77. The minimum atomic E-state index is 0.153. The van der Waals surface area contributed by atoms with Gasteiger partial charge in [0.2, 0.25) is 0 Å². The second kappa shape index (κ2) is 7.34. The first-order chi connectivity index (χ1) is 12.3. The number of nitrogens with zero attached hydrogens (tertiary/aromatic N) is 3. The van der Waals surface area contributed by atoms with Crippen molar-refractivity contribution < 1.29 is 4.79 Å². The summed E-state index contributed by atoms with van der Waals surface area (Å²) in [6, 6.07) is 7.97. The number of aromatic nitrogens is 2. The van der Waals surface area contributed by atoms with Gasteiger partial charge in [0.05, 0.1) is 5.69 Å². The average Bonchev–Trinajstić information content (AvgIpc) is 2.96. The van der Waals surface area contributed by atoms with Crippen molar-refractivity contribution in [2.75, 3.05) is 13.1 Å². The van der Waals surface area contributed by atoms with Crippen LogP contribution >= 0.6 is 0 Å². The van der Waals surface area contributed by atoms with Gasteiger partial charge in [-0.2, -0.15) is 0 Å². The Morgan fingerprint density at radius 2 is 1.64 bits per heavy atom. The van der Waals surface area contributed by atoms with Crippen molar-refractivity contribution in [2.24, 2.45) is 0 Å². The van der Waals surface area contributed by atoms with Gasteiger partial charge in [0.25, 0.3) is 5.91 Å². The Hall–Kier alpha value is -2.23. The van der Waals surface area contributed by atoms with E-state index in [0.717, 1.165) is 61.3 Å². The first-order valence-electron chi connectivity index (χ1n) is 9.56. The highest BCUT2D eigenvalue weighted by Gasteiger charge is 2.23. The summed E-state index contributed by atoms with van der Waals surface area (Å²) in [5.74, 6) is 0.153. The van der Waals surface area contributed by atoms with Crippen molar-refractivity contribution in [1.29, 1.82) is 0 Å². The molecule has 130 valence electrons. The van der Waals surface area contributed by atoms with Gasteiger partial charge in [0, 0.05) is 35.5 Å². The van der Waals surface area contributed by atoms with Crippen molar-refractivity contribution in [3.8, 4) is 11.3 Å². The molecule has 4 nitrogen and oxygen atoms in total. The average molecular weight is 335 g/mol. The molecule has 0 bridgehead atoms. The second-order valence-corrected chi connectivity index (χ2v) is 7.11. The monoisotopic (exact) mass is 335 g/mol. The summed E-state index contributed by atoms with van der Waals surface area (Å²) in [7, 11) is 0. The molecule has 1 saturated heterocycles. The molecular weight excluding hydrogens is 310 g/mol. The van der Waals surface area contributed by atoms with E-state index in [2.05, 4.69) is 9.97 Å². The van der Waals surface area contributed by atoms with Gasteiger partial charge in [-0.05, 0) is 44.6 Å². The zero-order valence-electron chi connectivity index (χ0n) is 14.7. The first-order valence-corrected chi connectivity index (χ1v) is 9.56. The molecule has 0 atom stereocenters. The summed E-state index contributed by atoms with van der Waals surface area (Å²) >= 11 is 0. The molecule has 0 unspecified atom stereocenters. The molecule has 4 heteroatoms. The van der Waals surface area contributed by atoms with Crippen LogP contribution in [0.15, 0.2) is 30.6 Å². The third-order valence-electron chi connectivity index (χ3n) is 5.43. The van der Waals surface area contributed by atoms with Crippen LogP contribution in [-0.2, 0) is 12.8 Å². The Morgan fingerprint density at radius 3 is 2.48 bits per heavy atom. The predicted octanol–water partition coefficient (Wildman–Crippen LogP) is 4.04. The molecule has 1 aromatic carbocycles. The molecule has 0 spiro atoms. The predicted molar refractivity (Wildman–Crippen MR) is 98.5 cm³/mol. The van der Waals surface area contributed by atoms with E-state index in [1.165, 1.54) is 31.2 Å². The minimum absolute atomic E-state index is 0.153. The lowest BCUT2D eigenvalue weighted by atomic mass is 9.90. The summed E-state index contributed by atoms with van der Waals surface area (Å²) in [6.45, 7) is 1.74. The van der Waals surface area contributed by atoms with Gasteiger partial charge < -0.3 is 4.90 Å². The molecule has 2 aliphatic rings. The summed E-state index contributed by atoms with van der Waals surface area (Å²) in [5.41, 5.74) is 5.12. The Labute approximate surface area is 149 Å². The molecular formula is C21H25N3O. The van der Waals surface area contributed by atoms with Crippen molar-refractivity contribution in [1.82, 2.24) is 14.9 Å². The van der Waals surface area contributed by atoms with E-state index in [1.807, 2.05) is 29.2 Å². The minimum Gasteiger partial charge on any atom is -0.339 e. The molecule has 0 saturated carbocycles. The highest BCUT2D eigenvalue weighted by molar-refractivity contribution is 6.00. The van der Waals surface area contributed by atoms with Gasteiger partial charge in [-0.25, -0.2) is 9.97 Å². The van der Waals surface area contributed by atoms with Crippen molar-refractivity contribution in [3.63, 3.8) is 0 Å². The molecule has 0 radical (unpaired) electrons. The van der Waals surface area contributed by atoms with E-state index < -0.39 is 0 Å². The number of fused-ring (bicyclic) bond motifs is 1. The molecule has 25 heavy (non-hydrogen) atoms. The number of rotatable bonds is 2. The lowest BCUT2D eigenvalue weighted by molar-refractivity contribution is 0.0762. The van der Waals surface area contributed by atoms with E-state index in [4.69, 9.17) is 0 Å². The summed E-state index contributed by atoms with van der Waals surface area (Å²) in [5, 5.41) is 0. The third kappa shape index (κ3) is 3.30. The quantitative estimate of drug-likeness (QED) is 0.832. The van der Waals surface area contributed by atoms with Gasteiger partial charge in [-0.15, -0.1) is 0 Å². The van der Waals surface area contributed by atoms with Crippen LogP contribution in [0.4, 0.5) is 0 Å². The molecule has 1 aliphatic heterocycles. The number of likely N-dealkylation sites (tertiary alicyclic amines) is 1. The number of carbonyl (C=O) groups is 1. The van der Waals surface area contributed by atoms with Crippen LogP contribution in [0.2, 0.25) is 0 Å². The third-order valence-corrected chi connectivity index (χ3v) is 5.43. The van der Waals surface area contributed by atoms with Crippen molar-refractivity contribution in [3.05, 3.63) is 47.4 Å². The zero-order valence-corrected chi connectivity index (χ0v) is 14.7. The van der Waals surface area contributed by atoms with Crippen LogP contribution in [0.1, 0.15) is 60.1 Å². The molecule has 1 fully saturated rings. The standard InChI is InChI=1S/C21H25N3O/c25-21(24-13-7-1-2-8-14-24)17-10-4-3-9-16(17)20-18-11-5-6-12-19(18)22-15-23-20/h3-4,9-10,15H,1-2,5-8,11-14H2. The maximum Gasteiger partial charge on any atom is 0.254 e. The van der Waals surface area contributed by atoms with E-state index in [9.17, 15) is 4.79 Å². The molecule has 1 amide bonds. The van der Waals surface area contributed by atoms with Crippen LogP contribution in [0.25, 0.3) is 11.3 Å². The van der Waals surface area contributed by atoms with E-state index in [0.29, 0.717) is 0 Å². The topological polar surface area (TPSA) is 46.1 Å². The Balaban J connectivity index is 1.74. The number of carbonyl (C=O) groups excluding carboxylic acids is 1. The van der Waals surface area contributed by atoms with Crippen LogP contribution in [-0.4, -0.2) is 33.9 Å². The summed E-state index contributed by atoms with van der Waals surface area (Å²) in [6.07, 6.45) is 10.7. The van der Waals surface area contributed by atoms with Crippen LogP contribution in [0.5, 0.6) is 0 Å². The van der Waals surface area contributed by atoms with Crippen LogP contribution < -0.4 is 0 Å². The lowest BCUT2D eigenvalue weighted by Gasteiger charge is -2.23. The number of benzene rings is 1. The molecule has 4 rings (SSSR count). The number of aryl methyl sites for hydroxylation is 1. The maximum absolute atomic E-state index is 13.2. The molecule has 1 aliphatic carbocycles. The fourth-order valence-electron chi connectivity index (χ4n) is 4.07. The summed E-state index contributed by atoms with van der Waals surface area (Å²) in [4.78, 5) is 24.3. The van der Waals surface area contributed by atoms with Gasteiger partial charge in [-0.1, -0.05) is 31.0 Å². The van der Waals surface area contributed by atoms with Gasteiger partial charge in [-0.3, -0.25) is 4.79 Å². The number of amides is 1. The second-order valence-electron chi connectivity index (χ2n) is 7.11. The van der Waals surface area contributed by atoms with E-state index >= 15 is 0 Å². The number of hydrogen-bond acceptors (Lipinski definition) is 3. The zero-order chi connectivity index (χ0) is 17.1. The van der Waals surface area contributed by atoms with Gasteiger partial charge in [0.1, 0.15) is 6.33 Å². The fraction of sp³-hybridized carbons (Fsp3) is 0.476. The SMILES string of the molecule is O=C(c1ccccc1-c1ncnc2c1CCCC2)N1CCCCCC1. The van der Waals surface area contributed by atoms with Crippen molar-refractivity contribution >= 4 is 5.91 Å². The van der Waals surface area contributed by atoms with Gasteiger partial charge >= 0.3 is 0 Å². The number of hydrogen-bond donors (Lipinski definition) is 0. The lowest BCUT2D eigenvalue weighted by Crippen LogP contribution is -2.32. The highest BCUT2D eigenvalue weighted by atomic mass is 16.2. The van der Waals surface area contributed by atoms with Crippen LogP contribution in [0.3, 0.4) is 0 Å². The Morgan fingerprint density at radius 1 is 0.880 bits per heavy atom. The maximum atomic E-state index is 13.2. The highest BCUT2D eigenvalue weighted by Crippen LogP contribution is 2.31. The van der Waals surface area contributed by atoms with Crippen molar-refractivity contribution in [2.45, 2.75) is 51.4 Å². The van der Waals surface area contributed by atoms with Crippen LogP contribution in [0, 0.1) is 0 Å². The molecule has 2 aromatic rings. The normalized spacial score (nSPS) is 17.7. The summed E-state index contributed by atoms with van der Waals surface area (Å²) < 4.78 is 0. The fourth-order valence-corrected chi connectivity index (χ4v) is 4.07. The van der Waals surface area contributed by atoms with E-state index in [1.54, 1.807) is 6.33 Å². The molecule has 0 N–H and O–H groups in total. The van der Waals surface area contributed by atoms with Gasteiger partial charge in [0.15, 0.2) is 0 Å². The largest absolute Gasteiger partial charge is 0.339 e. The first kappa shape index (κ1) is 16.2. The molecule has 2 heterocycles.